The highest BCUT2D eigenvalue weighted by atomic mass is 19.4. The van der Waals surface area contributed by atoms with Crippen LogP contribution < -0.4 is 9.80 Å². The number of benzene rings is 1. The van der Waals surface area contributed by atoms with Crippen molar-refractivity contribution in [3.05, 3.63) is 66.4 Å². The number of piperazine rings is 1. The highest BCUT2D eigenvalue weighted by Gasteiger charge is 2.31. The van der Waals surface area contributed by atoms with Crippen LogP contribution in [0.5, 0.6) is 0 Å². The van der Waals surface area contributed by atoms with E-state index in [4.69, 9.17) is 0 Å². The largest absolute Gasteiger partial charge is 0.416 e. The molecule has 0 saturated carbocycles. The summed E-state index contributed by atoms with van der Waals surface area (Å²) in [6.45, 7) is 6.44. The zero-order chi connectivity index (χ0) is 24.9. The van der Waals surface area contributed by atoms with Crippen molar-refractivity contribution >= 4 is 17.8 Å². The molecule has 0 radical (unpaired) electrons. The molecule has 5 nitrogen and oxygen atoms in total. The number of hydrogen-bond acceptors (Lipinski definition) is 5. The van der Waals surface area contributed by atoms with E-state index in [1.54, 1.807) is 24.3 Å². The fraction of sp³-hybridized carbons (Fsp3) is 0.360. The third kappa shape index (κ3) is 5.83. The number of likely N-dealkylation sites (N-methyl/N-ethyl adjacent to an activating group) is 1. The highest BCUT2D eigenvalue weighted by Crippen LogP contribution is 2.36. The van der Waals surface area contributed by atoms with Crippen molar-refractivity contribution in [3.63, 3.8) is 0 Å². The molecule has 1 aromatic carbocycles. The predicted octanol–water partition coefficient (Wildman–Crippen LogP) is 5.11. The fourth-order valence-corrected chi connectivity index (χ4v) is 3.84. The molecule has 1 fully saturated rings. The average molecular weight is 477 g/mol. The van der Waals surface area contributed by atoms with Gasteiger partial charge in [-0.1, -0.05) is 43.0 Å². The van der Waals surface area contributed by atoms with Crippen LogP contribution in [-0.4, -0.2) is 68.9 Å². The summed E-state index contributed by atoms with van der Waals surface area (Å²) in [5, 5.41) is 0. The van der Waals surface area contributed by atoms with E-state index in [0.29, 0.717) is 34.3 Å². The SMILES string of the molecule is C=C/C(=C\CC(F)N(C)c1cnc(N2CCN(C)CC2)cc1-c1ccccc1C=O)C(F)(F)F. The van der Waals surface area contributed by atoms with Crippen LogP contribution in [0.1, 0.15) is 16.8 Å². The number of allylic oxidation sites excluding steroid dienone is 2. The first kappa shape index (κ1) is 25.4. The van der Waals surface area contributed by atoms with Crippen LogP contribution in [0.2, 0.25) is 0 Å². The van der Waals surface area contributed by atoms with E-state index in [1.165, 1.54) is 18.1 Å². The van der Waals surface area contributed by atoms with Crippen LogP contribution in [0.4, 0.5) is 29.1 Å². The maximum Gasteiger partial charge on any atom is 0.416 e. The summed E-state index contributed by atoms with van der Waals surface area (Å²) in [6.07, 6.45) is -3.14. The molecule has 2 heterocycles. The van der Waals surface area contributed by atoms with Crippen LogP contribution in [0.15, 0.2) is 60.8 Å². The smallest absolute Gasteiger partial charge is 0.354 e. The monoisotopic (exact) mass is 476 g/mol. The Hall–Kier alpha value is -3.20. The molecule has 0 N–H and O–H groups in total. The van der Waals surface area contributed by atoms with E-state index in [-0.39, 0.29) is 0 Å². The quantitative estimate of drug-likeness (QED) is 0.229. The number of pyridine rings is 1. The topological polar surface area (TPSA) is 39.7 Å². The molecule has 34 heavy (non-hydrogen) atoms. The number of alkyl halides is 4. The summed E-state index contributed by atoms with van der Waals surface area (Å²) in [5.41, 5.74) is 0.996. The van der Waals surface area contributed by atoms with Crippen molar-refractivity contribution in [2.24, 2.45) is 0 Å². The lowest BCUT2D eigenvalue weighted by Crippen LogP contribution is -2.44. The third-order valence-corrected chi connectivity index (χ3v) is 5.95. The summed E-state index contributed by atoms with van der Waals surface area (Å²) in [5.74, 6) is 0.697. The maximum atomic E-state index is 15.1. The number of rotatable bonds is 8. The molecule has 9 heteroatoms. The molecule has 1 saturated heterocycles. The number of aromatic nitrogens is 1. The number of nitrogens with zero attached hydrogens (tertiary/aromatic N) is 4. The third-order valence-electron chi connectivity index (χ3n) is 5.95. The first-order valence-corrected chi connectivity index (χ1v) is 10.9. The van der Waals surface area contributed by atoms with Gasteiger partial charge in [0.15, 0.2) is 12.6 Å². The van der Waals surface area contributed by atoms with E-state index in [2.05, 4.69) is 21.4 Å². The van der Waals surface area contributed by atoms with Gasteiger partial charge in [-0.2, -0.15) is 13.2 Å². The van der Waals surface area contributed by atoms with Gasteiger partial charge < -0.3 is 14.7 Å². The van der Waals surface area contributed by atoms with Gasteiger partial charge in [-0.3, -0.25) is 4.79 Å². The van der Waals surface area contributed by atoms with Gasteiger partial charge >= 0.3 is 6.18 Å². The van der Waals surface area contributed by atoms with Gasteiger partial charge in [0, 0.05) is 50.8 Å². The summed E-state index contributed by atoms with van der Waals surface area (Å²) >= 11 is 0. The number of aldehydes is 1. The first-order valence-electron chi connectivity index (χ1n) is 10.9. The number of halogens is 4. The Bertz CT molecular complexity index is 1050. The molecular weight excluding hydrogens is 448 g/mol. The van der Waals surface area contributed by atoms with Crippen molar-refractivity contribution in [2.45, 2.75) is 18.9 Å². The molecule has 3 rings (SSSR count). The van der Waals surface area contributed by atoms with Crippen LogP contribution in [0.3, 0.4) is 0 Å². The fourth-order valence-electron chi connectivity index (χ4n) is 3.84. The Kier molecular flexibility index (Phi) is 8.09. The lowest BCUT2D eigenvalue weighted by Gasteiger charge is -2.34. The predicted molar refractivity (Wildman–Crippen MR) is 127 cm³/mol. The molecule has 1 atom stereocenters. The van der Waals surface area contributed by atoms with E-state index < -0.39 is 24.5 Å². The van der Waals surface area contributed by atoms with Gasteiger partial charge in [0.25, 0.3) is 0 Å². The molecule has 182 valence electrons. The Labute approximate surface area is 197 Å². The van der Waals surface area contributed by atoms with E-state index >= 15 is 4.39 Å². The summed E-state index contributed by atoms with van der Waals surface area (Å²) in [6, 6.07) is 8.74. The molecule has 1 aliphatic rings. The normalized spacial score (nSPS) is 16.3. The minimum Gasteiger partial charge on any atom is -0.354 e. The Morgan fingerprint density at radius 1 is 1.21 bits per heavy atom. The van der Waals surface area contributed by atoms with Gasteiger partial charge in [0.05, 0.1) is 17.5 Å². The Morgan fingerprint density at radius 3 is 2.50 bits per heavy atom. The number of carbonyl (C=O) groups excluding carboxylic acids is 1. The molecule has 1 unspecified atom stereocenters. The van der Waals surface area contributed by atoms with Crippen molar-refractivity contribution in [1.82, 2.24) is 9.88 Å². The maximum absolute atomic E-state index is 15.1. The lowest BCUT2D eigenvalue weighted by atomic mass is 9.99. The zero-order valence-corrected chi connectivity index (χ0v) is 19.2. The van der Waals surface area contributed by atoms with Crippen molar-refractivity contribution in [2.75, 3.05) is 50.1 Å². The minimum atomic E-state index is -4.60. The molecular formula is C25H28F4N4O. The Balaban J connectivity index is 1.99. The van der Waals surface area contributed by atoms with E-state index in [9.17, 15) is 18.0 Å². The zero-order valence-electron chi connectivity index (χ0n) is 19.2. The van der Waals surface area contributed by atoms with Crippen molar-refractivity contribution < 1.29 is 22.4 Å². The van der Waals surface area contributed by atoms with Crippen LogP contribution >= 0.6 is 0 Å². The van der Waals surface area contributed by atoms with Crippen LogP contribution in [0, 0.1) is 0 Å². The van der Waals surface area contributed by atoms with Gasteiger partial charge in [-0.05, 0) is 18.7 Å². The number of hydrogen-bond donors (Lipinski definition) is 0. The van der Waals surface area contributed by atoms with Crippen molar-refractivity contribution in [3.8, 4) is 11.1 Å². The standard InChI is InChI=1S/C25H28F4N4O/c1-4-19(25(27,28)29)9-10-23(26)32(3)22-16-30-24(33-13-11-31(2)12-14-33)15-21(22)20-8-6-5-7-18(20)17-34/h4-9,15-17,23H,1,10-14H2,2-3H3/b19-9+. The molecule has 0 aliphatic carbocycles. The molecule has 1 aliphatic heterocycles. The average Bonchev–Trinajstić information content (AvgIpc) is 2.83. The second-order valence-electron chi connectivity index (χ2n) is 8.20. The van der Waals surface area contributed by atoms with E-state index in [1.807, 2.05) is 13.1 Å². The van der Waals surface area contributed by atoms with Crippen molar-refractivity contribution in [1.29, 1.82) is 0 Å². The van der Waals surface area contributed by atoms with E-state index in [0.717, 1.165) is 38.5 Å². The molecule has 0 amide bonds. The minimum absolute atomic E-state index is 0.375. The summed E-state index contributed by atoms with van der Waals surface area (Å²) in [4.78, 5) is 21.8. The summed E-state index contributed by atoms with van der Waals surface area (Å²) < 4.78 is 54.1. The van der Waals surface area contributed by atoms with Gasteiger partial charge in [-0.25, -0.2) is 9.37 Å². The number of carbonyl (C=O) groups is 1. The summed E-state index contributed by atoms with van der Waals surface area (Å²) in [7, 11) is 3.50. The van der Waals surface area contributed by atoms with Crippen LogP contribution in [0.25, 0.3) is 11.1 Å². The molecule has 0 bridgehead atoms. The van der Waals surface area contributed by atoms with Gasteiger partial charge in [0.1, 0.15) is 5.82 Å². The first-order chi connectivity index (χ1) is 16.2. The Morgan fingerprint density at radius 2 is 1.88 bits per heavy atom. The van der Waals surface area contributed by atoms with Gasteiger partial charge in [0.2, 0.25) is 0 Å². The lowest BCUT2D eigenvalue weighted by molar-refractivity contribution is -0.0884. The van der Waals surface area contributed by atoms with Gasteiger partial charge in [-0.15, -0.1) is 0 Å². The molecule has 0 spiro atoms. The molecule has 2 aromatic rings. The van der Waals surface area contributed by atoms with Crippen LogP contribution in [-0.2, 0) is 0 Å². The molecule has 1 aromatic heterocycles. The second-order valence-corrected chi connectivity index (χ2v) is 8.20. The highest BCUT2D eigenvalue weighted by molar-refractivity contribution is 5.92. The second kappa shape index (κ2) is 10.8. The number of anilines is 2.